The van der Waals surface area contributed by atoms with Crippen molar-refractivity contribution in [2.45, 2.75) is 13.0 Å². The van der Waals surface area contributed by atoms with E-state index in [4.69, 9.17) is 11.6 Å². The molecule has 0 heterocycles. The molecule has 5 nitrogen and oxygen atoms in total. The topological polar surface area (TPSA) is 66.5 Å². The number of rotatable bonds is 5. The second-order valence-electron chi connectivity index (χ2n) is 5.19. The molecule has 0 saturated heterocycles. The number of hydrogen-bond acceptors (Lipinski definition) is 3. The summed E-state index contributed by atoms with van der Waals surface area (Å²) in [5.74, 6) is -1.34. The molecule has 0 aliphatic carbocycles. The highest BCUT2D eigenvalue weighted by Crippen LogP contribution is 2.25. The maximum atomic E-state index is 14.0. The van der Waals surface area contributed by atoms with Crippen molar-refractivity contribution in [1.29, 1.82) is 0 Å². The molecule has 0 unspecified atom stereocenters. The summed E-state index contributed by atoms with van der Waals surface area (Å²) >= 11 is 5.85. The van der Waals surface area contributed by atoms with E-state index in [1.54, 1.807) is 18.2 Å². The number of para-hydroxylation sites is 1. The molecule has 0 aromatic heterocycles. The molecule has 0 aliphatic heterocycles. The van der Waals surface area contributed by atoms with Crippen LogP contribution in [0.2, 0.25) is 5.02 Å². The molecule has 2 rings (SSSR count). The first-order valence-electron chi connectivity index (χ1n) is 7.00. The number of carbonyl (C=O) groups is 1. The lowest BCUT2D eigenvalue weighted by Crippen LogP contribution is -2.45. The Balaban J connectivity index is 2.33. The molecule has 24 heavy (non-hydrogen) atoms. The van der Waals surface area contributed by atoms with Crippen molar-refractivity contribution >= 4 is 38.9 Å². The maximum absolute atomic E-state index is 14.0. The van der Waals surface area contributed by atoms with Crippen LogP contribution in [0.15, 0.2) is 48.5 Å². The average Bonchev–Trinajstić information content (AvgIpc) is 2.48. The van der Waals surface area contributed by atoms with Crippen molar-refractivity contribution in [3.05, 3.63) is 59.4 Å². The Morgan fingerprint density at radius 1 is 1.21 bits per heavy atom. The van der Waals surface area contributed by atoms with Gasteiger partial charge < -0.3 is 5.32 Å². The van der Waals surface area contributed by atoms with Gasteiger partial charge in [-0.05, 0) is 37.3 Å². The van der Waals surface area contributed by atoms with Crippen molar-refractivity contribution in [2.24, 2.45) is 0 Å². The first kappa shape index (κ1) is 18.2. The average molecular weight is 371 g/mol. The lowest BCUT2D eigenvalue weighted by molar-refractivity contribution is -0.116. The summed E-state index contributed by atoms with van der Waals surface area (Å²) in [6, 6.07) is 10.7. The van der Waals surface area contributed by atoms with Gasteiger partial charge in [0, 0.05) is 10.7 Å². The highest BCUT2D eigenvalue weighted by Gasteiger charge is 2.30. The molecule has 0 saturated carbocycles. The molecule has 8 heteroatoms. The molecule has 0 aliphatic rings. The molecule has 1 N–H and O–H groups in total. The molecule has 0 bridgehead atoms. The maximum Gasteiger partial charge on any atom is 0.247 e. The number of amides is 1. The number of anilines is 2. The van der Waals surface area contributed by atoms with Crippen LogP contribution in [0.25, 0.3) is 0 Å². The normalized spacial score (nSPS) is 12.5. The van der Waals surface area contributed by atoms with Crippen molar-refractivity contribution in [3.8, 4) is 0 Å². The second kappa shape index (κ2) is 7.19. The zero-order valence-corrected chi connectivity index (χ0v) is 14.6. The zero-order valence-electron chi connectivity index (χ0n) is 13.0. The van der Waals surface area contributed by atoms with Crippen molar-refractivity contribution in [3.63, 3.8) is 0 Å². The Hall–Kier alpha value is -2.12. The smallest absolute Gasteiger partial charge is 0.247 e. The van der Waals surface area contributed by atoms with Crippen LogP contribution in [0.3, 0.4) is 0 Å². The zero-order chi connectivity index (χ0) is 17.9. The van der Waals surface area contributed by atoms with Gasteiger partial charge in [0.15, 0.2) is 0 Å². The number of sulfonamides is 1. The minimum atomic E-state index is -3.88. The van der Waals surface area contributed by atoms with E-state index in [1.807, 2.05) is 0 Å². The quantitative estimate of drug-likeness (QED) is 0.878. The van der Waals surface area contributed by atoms with E-state index < -0.39 is 27.8 Å². The molecule has 0 radical (unpaired) electrons. The number of benzene rings is 2. The van der Waals surface area contributed by atoms with Gasteiger partial charge in [-0.3, -0.25) is 9.10 Å². The van der Waals surface area contributed by atoms with Crippen molar-refractivity contribution in [2.75, 3.05) is 15.9 Å². The lowest BCUT2D eigenvalue weighted by atomic mass is 10.2. The van der Waals surface area contributed by atoms with Crippen LogP contribution in [0.5, 0.6) is 0 Å². The lowest BCUT2D eigenvalue weighted by Gasteiger charge is -2.28. The first-order chi connectivity index (χ1) is 11.2. The van der Waals surface area contributed by atoms with Gasteiger partial charge >= 0.3 is 0 Å². The van der Waals surface area contributed by atoms with Crippen molar-refractivity contribution < 1.29 is 17.6 Å². The third-order valence-electron chi connectivity index (χ3n) is 3.27. The van der Waals surface area contributed by atoms with E-state index in [9.17, 15) is 17.6 Å². The summed E-state index contributed by atoms with van der Waals surface area (Å²) in [6.45, 7) is 1.38. The number of halogens is 2. The van der Waals surface area contributed by atoms with Crippen LogP contribution < -0.4 is 9.62 Å². The highest BCUT2D eigenvalue weighted by molar-refractivity contribution is 7.92. The molecular weight excluding hydrogens is 355 g/mol. The van der Waals surface area contributed by atoms with E-state index in [0.717, 1.165) is 16.6 Å². The van der Waals surface area contributed by atoms with Gasteiger partial charge in [0.1, 0.15) is 11.9 Å². The summed E-state index contributed by atoms with van der Waals surface area (Å²) in [6.07, 6.45) is 0.919. The monoisotopic (exact) mass is 370 g/mol. The number of hydrogen-bond donors (Lipinski definition) is 1. The van der Waals surface area contributed by atoms with Gasteiger partial charge in [-0.2, -0.15) is 0 Å². The Morgan fingerprint density at radius 3 is 2.46 bits per heavy atom. The Bertz CT molecular complexity index is 858. The fourth-order valence-corrected chi connectivity index (χ4v) is 3.59. The van der Waals surface area contributed by atoms with E-state index in [-0.39, 0.29) is 5.69 Å². The van der Waals surface area contributed by atoms with E-state index in [0.29, 0.717) is 10.7 Å². The molecular formula is C16H16ClFN2O3S. The Kier molecular flexibility index (Phi) is 5.46. The Labute approximate surface area is 145 Å². The molecule has 128 valence electrons. The van der Waals surface area contributed by atoms with Crippen LogP contribution >= 0.6 is 11.6 Å². The number of carbonyl (C=O) groups excluding carboxylic acids is 1. The SMILES string of the molecule is C[C@H](C(=O)Nc1cccc(Cl)c1)N(c1ccccc1F)S(C)(=O)=O. The Morgan fingerprint density at radius 2 is 1.88 bits per heavy atom. The fourth-order valence-electron chi connectivity index (χ4n) is 2.22. The highest BCUT2D eigenvalue weighted by atomic mass is 35.5. The molecule has 1 amide bonds. The molecule has 2 aromatic carbocycles. The van der Waals surface area contributed by atoms with Gasteiger partial charge in [0.2, 0.25) is 15.9 Å². The molecule has 0 spiro atoms. The number of nitrogens with zero attached hydrogens (tertiary/aromatic N) is 1. The van der Waals surface area contributed by atoms with Crippen LogP contribution in [0.4, 0.5) is 15.8 Å². The summed E-state index contributed by atoms with van der Waals surface area (Å²) in [7, 11) is -3.88. The van der Waals surface area contributed by atoms with Gasteiger partial charge in [-0.25, -0.2) is 12.8 Å². The van der Waals surface area contributed by atoms with Crippen LogP contribution in [-0.2, 0) is 14.8 Å². The van der Waals surface area contributed by atoms with Crippen LogP contribution in [-0.4, -0.2) is 26.6 Å². The minimum Gasteiger partial charge on any atom is -0.324 e. The second-order valence-corrected chi connectivity index (χ2v) is 7.48. The third kappa shape index (κ3) is 4.24. The summed E-state index contributed by atoms with van der Waals surface area (Å²) in [4.78, 5) is 12.4. The van der Waals surface area contributed by atoms with Crippen molar-refractivity contribution in [1.82, 2.24) is 0 Å². The fraction of sp³-hybridized carbons (Fsp3) is 0.188. The predicted molar refractivity (Wildman–Crippen MR) is 93.3 cm³/mol. The van der Waals surface area contributed by atoms with Crippen LogP contribution in [0.1, 0.15) is 6.92 Å². The van der Waals surface area contributed by atoms with E-state index in [2.05, 4.69) is 5.32 Å². The summed E-state index contributed by atoms with van der Waals surface area (Å²) in [5, 5.41) is 3.00. The first-order valence-corrected chi connectivity index (χ1v) is 9.23. The molecule has 2 aromatic rings. The number of nitrogens with one attached hydrogen (secondary N) is 1. The van der Waals surface area contributed by atoms with E-state index in [1.165, 1.54) is 31.2 Å². The summed E-state index contributed by atoms with van der Waals surface area (Å²) in [5.41, 5.74) is 0.232. The predicted octanol–water partition coefficient (Wildman–Crippen LogP) is 3.27. The largest absolute Gasteiger partial charge is 0.324 e. The van der Waals surface area contributed by atoms with Gasteiger partial charge in [-0.15, -0.1) is 0 Å². The van der Waals surface area contributed by atoms with Gasteiger partial charge in [0.25, 0.3) is 0 Å². The molecule has 1 atom stereocenters. The van der Waals surface area contributed by atoms with E-state index >= 15 is 0 Å². The van der Waals surface area contributed by atoms with Gasteiger partial charge in [0.05, 0.1) is 11.9 Å². The minimum absolute atomic E-state index is 0.186. The standard InChI is InChI=1S/C16H16ClFN2O3S/c1-11(16(21)19-13-7-5-6-12(17)10-13)20(24(2,22)23)15-9-4-3-8-14(15)18/h3-11H,1-2H3,(H,19,21)/t11-/m1/s1. The van der Waals surface area contributed by atoms with Gasteiger partial charge in [-0.1, -0.05) is 29.8 Å². The third-order valence-corrected chi connectivity index (χ3v) is 4.73. The summed E-state index contributed by atoms with van der Waals surface area (Å²) < 4.78 is 39.0. The van der Waals surface area contributed by atoms with Crippen LogP contribution in [0, 0.1) is 5.82 Å². The molecule has 0 fully saturated rings.